The molecule has 0 aliphatic heterocycles. The molecular weight excluding hydrogens is 280 g/mol. The first-order chi connectivity index (χ1) is 9.62. The first-order valence-electron chi connectivity index (χ1n) is 6.09. The smallest absolute Gasteiger partial charge is 0.266 e. The lowest BCUT2D eigenvalue weighted by molar-refractivity contribution is 0.561. The van der Waals surface area contributed by atoms with E-state index in [9.17, 15) is 8.42 Å². The molecule has 2 heterocycles. The van der Waals surface area contributed by atoms with Gasteiger partial charge in [0.1, 0.15) is 4.90 Å². The van der Waals surface area contributed by atoms with Gasteiger partial charge >= 0.3 is 0 Å². The molecule has 8 nitrogen and oxygen atoms in total. The minimum absolute atomic E-state index is 0.104. The number of aromatic nitrogens is 4. The van der Waals surface area contributed by atoms with Gasteiger partial charge in [-0.15, -0.1) is 5.10 Å². The van der Waals surface area contributed by atoms with Crippen molar-refractivity contribution in [1.82, 2.24) is 25.3 Å². The molecule has 2 rings (SSSR count). The van der Waals surface area contributed by atoms with Crippen molar-refractivity contribution in [1.29, 1.82) is 0 Å². The van der Waals surface area contributed by atoms with Gasteiger partial charge in [0.05, 0.1) is 6.20 Å². The number of sulfonamides is 1. The highest BCUT2D eigenvalue weighted by atomic mass is 32.2. The van der Waals surface area contributed by atoms with Crippen molar-refractivity contribution in [2.45, 2.75) is 17.9 Å². The highest BCUT2D eigenvalue weighted by Crippen LogP contribution is 2.12. The lowest BCUT2D eigenvalue weighted by Gasteiger charge is -2.03. The molecule has 108 valence electrons. The zero-order valence-corrected chi connectivity index (χ0v) is 11.8. The Balaban J connectivity index is 2.06. The molecule has 0 saturated carbocycles. The number of rotatable bonds is 7. The molecule has 2 N–H and O–H groups in total. The Morgan fingerprint density at radius 3 is 2.95 bits per heavy atom. The van der Waals surface area contributed by atoms with E-state index >= 15 is 0 Å². The molecule has 0 fully saturated rings. The second kappa shape index (κ2) is 6.44. The van der Waals surface area contributed by atoms with Crippen molar-refractivity contribution in [2.75, 3.05) is 18.3 Å². The summed E-state index contributed by atoms with van der Waals surface area (Å²) in [6, 6.07) is 3.13. The second-order valence-electron chi connectivity index (χ2n) is 4.11. The van der Waals surface area contributed by atoms with Gasteiger partial charge in [-0.2, -0.15) is 10.2 Å². The molecule has 0 bridgehead atoms. The highest BCUT2D eigenvalue weighted by molar-refractivity contribution is 7.92. The third-order valence-corrected chi connectivity index (χ3v) is 3.85. The Labute approximate surface area is 117 Å². The monoisotopic (exact) mass is 296 g/mol. The van der Waals surface area contributed by atoms with Gasteiger partial charge in [0, 0.05) is 18.9 Å². The zero-order valence-electron chi connectivity index (χ0n) is 11.0. The van der Waals surface area contributed by atoms with Crippen molar-refractivity contribution in [3.05, 3.63) is 30.7 Å². The van der Waals surface area contributed by atoms with E-state index in [4.69, 9.17) is 0 Å². The SMILES string of the molecule is CNCCCn1cc(S(=O)(=O)Nc2cccnn2)cn1. The summed E-state index contributed by atoms with van der Waals surface area (Å²) in [5.74, 6) is 0.176. The summed E-state index contributed by atoms with van der Waals surface area (Å²) in [5, 5.41) is 14.3. The molecule has 9 heteroatoms. The summed E-state index contributed by atoms with van der Waals surface area (Å²) in [5.41, 5.74) is 0. The lowest BCUT2D eigenvalue weighted by atomic mass is 10.4. The quantitative estimate of drug-likeness (QED) is 0.702. The summed E-state index contributed by atoms with van der Waals surface area (Å²) >= 11 is 0. The number of hydrogen-bond acceptors (Lipinski definition) is 6. The van der Waals surface area contributed by atoms with Gasteiger partial charge in [-0.25, -0.2) is 8.42 Å². The van der Waals surface area contributed by atoms with Crippen LogP contribution in [0, 0.1) is 0 Å². The topological polar surface area (TPSA) is 102 Å². The first kappa shape index (κ1) is 14.4. The minimum atomic E-state index is -3.67. The van der Waals surface area contributed by atoms with E-state index in [1.165, 1.54) is 24.7 Å². The molecule has 0 aliphatic carbocycles. The molecule has 0 aliphatic rings. The molecule has 0 saturated heterocycles. The Bertz CT molecular complexity index is 640. The summed E-state index contributed by atoms with van der Waals surface area (Å²) in [4.78, 5) is 0.104. The third-order valence-electron chi connectivity index (χ3n) is 2.55. The van der Waals surface area contributed by atoms with Crippen LogP contribution in [0.4, 0.5) is 5.82 Å². The minimum Gasteiger partial charge on any atom is -0.320 e. The van der Waals surface area contributed by atoms with Crippen molar-refractivity contribution in [2.24, 2.45) is 0 Å². The molecule has 2 aromatic heterocycles. The largest absolute Gasteiger partial charge is 0.320 e. The van der Waals surface area contributed by atoms with Crippen molar-refractivity contribution in [3.63, 3.8) is 0 Å². The second-order valence-corrected chi connectivity index (χ2v) is 5.79. The summed E-state index contributed by atoms with van der Waals surface area (Å²) in [7, 11) is -1.81. The molecule has 0 unspecified atom stereocenters. The number of hydrogen-bond donors (Lipinski definition) is 2. The predicted octanol–water partition coefficient (Wildman–Crippen LogP) is 0.0834. The van der Waals surface area contributed by atoms with E-state index in [0.717, 1.165) is 13.0 Å². The highest BCUT2D eigenvalue weighted by Gasteiger charge is 2.17. The number of nitrogens with zero attached hydrogens (tertiary/aromatic N) is 4. The lowest BCUT2D eigenvalue weighted by Crippen LogP contribution is -2.14. The molecule has 2 aromatic rings. The van der Waals surface area contributed by atoms with Gasteiger partial charge in [0.2, 0.25) is 0 Å². The van der Waals surface area contributed by atoms with Crippen LogP contribution >= 0.6 is 0 Å². The maximum absolute atomic E-state index is 12.1. The Hall–Kier alpha value is -2.00. The van der Waals surface area contributed by atoms with Crippen molar-refractivity contribution in [3.8, 4) is 0 Å². The van der Waals surface area contributed by atoms with E-state index in [1.54, 1.807) is 10.7 Å². The van der Waals surface area contributed by atoms with E-state index in [0.29, 0.717) is 6.54 Å². The maximum atomic E-state index is 12.1. The Morgan fingerprint density at radius 1 is 1.40 bits per heavy atom. The fourth-order valence-corrected chi connectivity index (χ4v) is 2.52. The maximum Gasteiger partial charge on any atom is 0.266 e. The summed E-state index contributed by atoms with van der Waals surface area (Å²) in [6.45, 7) is 1.50. The van der Waals surface area contributed by atoms with Crippen LogP contribution < -0.4 is 10.0 Å². The number of anilines is 1. The molecular formula is C11H16N6O2S. The Morgan fingerprint density at radius 2 is 2.25 bits per heavy atom. The van der Waals surface area contributed by atoms with Crippen LogP contribution in [0.3, 0.4) is 0 Å². The van der Waals surface area contributed by atoms with Crippen LogP contribution in [0.2, 0.25) is 0 Å². The standard InChI is InChI=1S/C11H16N6O2S/c1-12-5-3-7-17-9-10(8-14-17)20(18,19)16-11-4-2-6-13-15-11/h2,4,6,8-9,12H,3,5,7H2,1H3,(H,15,16). The van der Waals surface area contributed by atoms with Gasteiger partial charge < -0.3 is 5.32 Å². The van der Waals surface area contributed by atoms with Gasteiger partial charge in [0.25, 0.3) is 10.0 Å². The zero-order chi connectivity index (χ0) is 14.4. The van der Waals surface area contributed by atoms with Gasteiger partial charge in [-0.3, -0.25) is 9.40 Å². The van der Waals surface area contributed by atoms with Crippen LogP contribution in [0.15, 0.2) is 35.6 Å². The van der Waals surface area contributed by atoms with Gasteiger partial charge in [0.15, 0.2) is 5.82 Å². The van der Waals surface area contributed by atoms with E-state index in [1.807, 2.05) is 7.05 Å². The van der Waals surface area contributed by atoms with Crippen LogP contribution in [-0.4, -0.2) is 42.0 Å². The average molecular weight is 296 g/mol. The third kappa shape index (κ3) is 3.75. The first-order valence-corrected chi connectivity index (χ1v) is 7.58. The van der Waals surface area contributed by atoms with E-state index < -0.39 is 10.0 Å². The van der Waals surface area contributed by atoms with Gasteiger partial charge in [-0.05, 0) is 32.1 Å². The van der Waals surface area contributed by atoms with Crippen LogP contribution in [0.25, 0.3) is 0 Å². The molecule has 0 aromatic carbocycles. The molecule has 20 heavy (non-hydrogen) atoms. The normalized spacial score (nSPS) is 11.4. The fourth-order valence-electron chi connectivity index (χ4n) is 1.58. The average Bonchev–Trinajstić information content (AvgIpc) is 2.89. The number of aryl methyl sites for hydroxylation is 1. The molecule has 0 atom stereocenters. The van der Waals surface area contributed by atoms with Crippen LogP contribution in [0.1, 0.15) is 6.42 Å². The Kier molecular flexibility index (Phi) is 4.64. The summed E-state index contributed by atoms with van der Waals surface area (Å²) < 4.78 is 28.1. The van der Waals surface area contributed by atoms with E-state index in [2.05, 4.69) is 25.3 Å². The number of nitrogens with one attached hydrogen (secondary N) is 2. The summed E-state index contributed by atoms with van der Waals surface area (Å²) in [6.07, 6.45) is 5.15. The van der Waals surface area contributed by atoms with Crippen LogP contribution in [0.5, 0.6) is 0 Å². The van der Waals surface area contributed by atoms with Gasteiger partial charge in [-0.1, -0.05) is 0 Å². The molecule has 0 radical (unpaired) electrons. The molecule has 0 amide bonds. The molecule has 0 spiro atoms. The van der Waals surface area contributed by atoms with E-state index in [-0.39, 0.29) is 10.7 Å². The van der Waals surface area contributed by atoms with Crippen molar-refractivity contribution < 1.29 is 8.42 Å². The fraction of sp³-hybridized carbons (Fsp3) is 0.364. The predicted molar refractivity (Wildman–Crippen MR) is 73.6 cm³/mol. The van der Waals surface area contributed by atoms with Crippen LogP contribution in [-0.2, 0) is 16.6 Å². The van der Waals surface area contributed by atoms with Crippen molar-refractivity contribution >= 4 is 15.8 Å².